The summed E-state index contributed by atoms with van der Waals surface area (Å²) in [7, 11) is 0. The number of nitrogens with zero attached hydrogens (tertiary/aromatic N) is 5. The smallest absolute Gasteiger partial charge is 0.299 e. The number of carbonyl (C=O) groups excluding carboxylic acids is 2. The maximum atomic E-state index is 13.8. The minimum Gasteiger partial charge on any atom is -0.299 e. The monoisotopic (exact) mass is 528 g/mol. The Bertz CT molecular complexity index is 1410. The molecule has 0 radical (unpaired) electrons. The first-order chi connectivity index (χ1) is 17.5. The minimum absolute atomic E-state index is 0.0807. The van der Waals surface area contributed by atoms with Crippen LogP contribution in [-0.4, -0.2) is 39.6 Å². The van der Waals surface area contributed by atoms with E-state index in [1.807, 2.05) is 0 Å². The standard InChI is InChI=1S/C25H20ClF3N6O2/c1-15-11-19(7-8-20(15)26)34(10-4-6-18-5-3-9-30-32-18)24(37)21-14-23(36)33-35(21)22-13-17(25(27,28)29)12-16(2)31-22/h3,5,7-9,11-13,21H,10,14H2,1-2H3,(H,33,36). The topological polar surface area (TPSA) is 91.3 Å². The van der Waals surface area contributed by atoms with Crippen molar-refractivity contribution in [2.24, 2.45) is 0 Å². The number of alkyl halides is 3. The van der Waals surface area contributed by atoms with Gasteiger partial charge >= 0.3 is 6.18 Å². The summed E-state index contributed by atoms with van der Waals surface area (Å²) in [5, 5.41) is 9.20. The molecule has 1 aliphatic rings. The van der Waals surface area contributed by atoms with E-state index in [4.69, 9.17) is 11.6 Å². The number of aryl methyl sites for hydroxylation is 2. The highest BCUT2D eigenvalue weighted by molar-refractivity contribution is 6.31. The summed E-state index contributed by atoms with van der Waals surface area (Å²) < 4.78 is 40.3. The first kappa shape index (κ1) is 25.9. The summed E-state index contributed by atoms with van der Waals surface area (Å²) in [6.45, 7) is 3.07. The lowest BCUT2D eigenvalue weighted by molar-refractivity contribution is -0.137. The predicted octanol–water partition coefficient (Wildman–Crippen LogP) is 3.86. The Labute approximate surface area is 215 Å². The van der Waals surface area contributed by atoms with Gasteiger partial charge in [-0.2, -0.15) is 18.3 Å². The van der Waals surface area contributed by atoms with Crippen molar-refractivity contribution >= 4 is 34.9 Å². The van der Waals surface area contributed by atoms with Crippen molar-refractivity contribution in [3.8, 4) is 11.8 Å². The Morgan fingerprint density at radius 3 is 2.70 bits per heavy atom. The van der Waals surface area contributed by atoms with Crippen LogP contribution in [-0.2, 0) is 15.8 Å². The second kappa shape index (κ2) is 10.4. The van der Waals surface area contributed by atoms with Crippen LogP contribution >= 0.6 is 11.6 Å². The number of anilines is 2. The third-order valence-corrected chi connectivity index (χ3v) is 5.90. The molecule has 8 nitrogen and oxygen atoms in total. The second-order valence-electron chi connectivity index (χ2n) is 8.25. The van der Waals surface area contributed by atoms with E-state index in [0.29, 0.717) is 22.0 Å². The molecule has 4 rings (SSSR count). The molecule has 1 fully saturated rings. The van der Waals surface area contributed by atoms with Gasteiger partial charge < -0.3 is 0 Å². The second-order valence-corrected chi connectivity index (χ2v) is 8.65. The number of hydrazine groups is 1. The van der Waals surface area contributed by atoms with Crippen molar-refractivity contribution < 1.29 is 22.8 Å². The first-order valence-corrected chi connectivity index (χ1v) is 11.4. The van der Waals surface area contributed by atoms with Crippen LogP contribution < -0.4 is 15.3 Å². The van der Waals surface area contributed by atoms with Crippen molar-refractivity contribution in [3.05, 3.63) is 76.2 Å². The Hall–Kier alpha value is -4.17. The Morgan fingerprint density at radius 2 is 2.03 bits per heavy atom. The van der Waals surface area contributed by atoms with Crippen molar-refractivity contribution in [2.45, 2.75) is 32.5 Å². The molecular formula is C25H20ClF3N6O2. The average molecular weight is 529 g/mol. The Morgan fingerprint density at radius 1 is 1.24 bits per heavy atom. The Kier molecular flexibility index (Phi) is 7.31. The summed E-state index contributed by atoms with van der Waals surface area (Å²) in [5.74, 6) is 4.40. The number of benzene rings is 1. The fourth-order valence-corrected chi connectivity index (χ4v) is 3.85. The van der Waals surface area contributed by atoms with Gasteiger partial charge in [-0.05, 0) is 67.8 Å². The highest BCUT2D eigenvalue weighted by atomic mass is 35.5. The summed E-state index contributed by atoms with van der Waals surface area (Å²) >= 11 is 6.16. The van der Waals surface area contributed by atoms with E-state index in [1.165, 1.54) is 18.0 Å². The van der Waals surface area contributed by atoms with Crippen LogP contribution in [0, 0.1) is 25.7 Å². The zero-order chi connectivity index (χ0) is 26.7. The number of aromatic nitrogens is 3. The molecule has 37 heavy (non-hydrogen) atoms. The highest BCUT2D eigenvalue weighted by Crippen LogP contribution is 2.33. The SMILES string of the molecule is Cc1cc(C(F)(F)F)cc(N2NC(=O)CC2C(=O)N(CC#Cc2cccnn2)c2ccc(Cl)c(C)c2)n1. The number of amides is 2. The number of carbonyl (C=O) groups is 2. The lowest BCUT2D eigenvalue weighted by atomic mass is 10.1. The van der Waals surface area contributed by atoms with Crippen LogP contribution in [0.4, 0.5) is 24.7 Å². The fourth-order valence-electron chi connectivity index (χ4n) is 3.73. The van der Waals surface area contributed by atoms with Crippen LogP contribution in [0.2, 0.25) is 5.02 Å². The molecule has 1 unspecified atom stereocenters. The summed E-state index contributed by atoms with van der Waals surface area (Å²) in [6, 6.07) is 8.77. The molecule has 3 heterocycles. The van der Waals surface area contributed by atoms with Crippen LogP contribution in [0.25, 0.3) is 0 Å². The zero-order valence-corrected chi connectivity index (χ0v) is 20.4. The molecule has 2 amide bonds. The number of hydrogen-bond donors (Lipinski definition) is 1. The number of pyridine rings is 1. The summed E-state index contributed by atoms with van der Waals surface area (Å²) in [6.07, 6.45) is -3.41. The molecule has 1 N–H and O–H groups in total. The number of nitrogens with one attached hydrogen (secondary N) is 1. The fraction of sp³-hybridized carbons (Fsp3) is 0.240. The lowest BCUT2D eigenvalue weighted by Crippen LogP contribution is -2.49. The van der Waals surface area contributed by atoms with Crippen molar-refractivity contribution in [2.75, 3.05) is 16.5 Å². The Balaban J connectivity index is 1.71. The zero-order valence-electron chi connectivity index (χ0n) is 19.7. The van der Waals surface area contributed by atoms with Gasteiger partial charge in [-0.25, -0.2) is 4.98 Å². The third kappa shape index (κ3) is 5.98. The average Bonchev–Trinajstić information content (AvgIpc) is 3.25. The molecule has 12 heteroatoms. The van der Waals surface area contributed by atoms with Crippen LogP contribution in [0.5, 0.6) is 0 Å². The minimum atomic E-state index is -4.63. The van der Waals surface area contributed by atoms with Gasteiger partial charge in [-0.3, -0.25) is 24.9 Å². The van der Waals surface area contributed by atoms with E-state index >= 15 is 0 Å². The molecule has 0 saturated carbocycles. The van der Waals surface area contributed by atoms with Gasteiger partial charge in [0.25, 0.3) is 5.91 Å². The lowest BCUT2D eigenvalue weighted by Gasteiger charge is -2.29. The summed E-state index contributed by atoms with van der Waals surface area (Å²) in [4.78, 5) is 31.6. The van der Waals surface area contributed by atoms with E-state index < -0.39 is 29.6 Å². The molecule has 0 aliphatic carbocycles. The molecule has 1 aromatic carbocycles. The highest BCUT2D eigenvalue weighted by Gasteiger charge is 2.41. The van der Waals surface area contributed by atoms with Crippen molar-refractivity contribution in [1.82, 2.24) is 20.6 Å². The quantitative estimate of drug-likeness (QED) is 0.517. The van der Waals surface area contributed by atoms with E-state index in [1.54, 1.807) is 37.3 Å². The number of rotatable bonds is 4. The molecule has 2 aromatic heterocycles. The van der Waals surface area contributed by atoms with Crippen LogP contribution in [0.3, 0.4) is 0 Å². The molecule has 1 saturated heterocycles. The van der Waals surface area contributed by atoms with E-state index in [-0.39, 0.29) is 24.5 Å². The normalized spacial score (nSPS) is 15.1. The van der Waals surface area contributed by atoms with Gasteiger partial charge in [0.2, 0.25) is 5.91 Å². The van der Waals surface area contributed by atoms with Gasteiger partial charge in [0.05, 0.1) is 18.5 Å². The van der Waals surface area contributed by atoms with Gasteiger partial charge in [0, 0.05) is 22.6 Å². The van der Waals surface area contributed by atoms with Crippen molar-refractivity contribution in [1.29, 1.82) is 0 Å². The maximum Gasteiger partial charge on any atom is 0.416 e. The van der Waals surface area contributed by atoms with E-state index in [2.05, 4.69) is 32.4 Å². The molecular weight excluding hydrogens is 509 g/mol. The molecule has 1 atom stereocenters. The third-order valence-electron chi connectivity index (χ3n) is 5.48. The van der Waals surface area contributed by atoms with Crippen LogP contribution in [0.15, 0.2) is 48.7 Å². The largest absolute Gasteiger partial charge is 0.416 e. The van der Waals surface area contributed by atoms with Gasteiger partial charge in [0.1, 0.15) is 17.6 Å². The van der Waals surface area contributed by atoms with Crippen molar-refractivity contribution in [3.63, 3.8) is 0 Å². The van der Waals surface area contributed by atoms with Gasteiger partial charge in [-0.1, -0.05) is 17.5 Å². The molecule has 3 aromatic rings. The van der Waals surface area contributed by atoms with E-state index in [0.717, 1.165) is 17.1 Å². The maximum absolute atomic E-state index is 13.8. The van der Waals surface area contributed by atoms with Gasteiger partial charge in [0.15, 0.2) is 0 Å². The first-order valence-electron chi connectivity index (χ1n) is 11.0. The van der Waals surface area contributed by atoms with Gasteiger partial charge in [-0.15, -0.1) is 5.10 Å². The molecule has 0 spiro atoms. The molecule has 190 valence electrons. The molecule has 0 bridgehead atoms. The number of hydrogen-bond acceptors (Lipinski definition) is 6. The number of halogens is 4. The predicted molar refractivity (Wildman–Crippen MR) is 130 cm³/mol. The summed E-state index contributed by atoms with van der Waals surface area (Å²) in [5.41, 5.74) is 3.14. The molecule has 1 aliphatic heterocycles. The van der Waals surface area contributed by atoms with E-state index in [9.17, 15) is 22.8 Å². The van der Waals surface area contributed by atoms with Crippen LogP contribution in [0.1, 0.15) is 28.9 Å².